The largest absolute Gasteiger partial charge is 0.393 e. The van der Waals surface area contributed by atoms with Crippen LogP contribution in [0.2, 0.25) is 0 Å². The van der Waals surface area contributed by atoms with Gasteiger partial charge in [0.05, 0.1) is 4.92 Å². The minimum Gasteiger partial charge on any atom is -0.393 e. The molecule has 126 valence electrons. The predicted octanol–water partition coefficient (Wildman–Crippen LogP) is 1.33. The molecule has 1 aliphatic heterocycles. The van der Waals surface area contributed by atoms with Gasteiger partial charge in [-0.3, -0.25) is 15.0 Å². The molecule has 1 aliphatic rings. The molecular formula is C16H20N6O2. The lowest BCUT2D eigenvalue weighted by atomic mass is 10.1. The van der Waals surface area contributed by atoms with Gasteiger partial charge in [-0.15, -0.1) is 0 Å². The highest BCUT2D eigenvalue weighted by Crippen LogP contribution is 2.22. The van der Waals surface area contributed by atoms with Crippen molar-refractivity contribution in [3.8, 4) is 0 Å². The topological polar surface area (TPSA) is 101 Å². The predicted molar refractivity (Wildman–Crippen MR) is 91.9 cm³/mol. The van der Waals surface area contributed by atoms with Gasteiger partial charge in [0.25, 0.3) is 5.69 Å². The molecule has 2 aromatic rings. The zero-order chi connectivity index (χ0) is 16.9. The first-order valence-corrected chi connectivity index (χ1v) is 7.90. The molecule has 2 N–H and O–H groups in total. The number of aromatic nitrogens is 2. The highest BCUT2D eigenvalue weighted by molar-refractivity contribution is 5.59. The van der Waals surface area contributed by atoms with Crippen LogP contribution in [0.25, 0.3) is 0 Å². The Balaban J connectivity index is 1.52. The molecule has 0 amide bonds. The summed E-state index contributed by atoms with van der Waals surface area (Å²) in [6.45, 7) is 4.48. The third kappa shape index (κ3) is 3.77. The van der Waals surface area contributed by atoms with Gasteiger partial charge in [-0.25, -0.2) is 9.97 Å². The monoisotopic (exact) mass is 328 g/mol. The summed E-state index contributed by atoms with van der Waals surface area (Å²) in [5.74, 6) is 0.770. The van der Waals surface area contributed by atoms with Crippen LogP contribution >= 0.6 is 0 Å². The summed E-state index contributed by atoms with van der Waals surface area (Å²) in [6, 6.07) is 6.85. The van der Waals surface area contributed by atoms with E-state index in [9.17, 15) is 10.1 Å². The van der Waals surface area contributed by atoms with Crippen molar-refractivity contribution in [2.24, 2.45) is 0 Å². The number of piperazine rings is 1. The Bertz CT molecular complexity index is 701. The van der Waals surface area contributed by atoms with Gasteiger partial charge in [-0.05, 0) is 24.1 Å². The first-order valence-electron chi connectivity index (χ1n) is 7.90. The fourth-order valence-corrected chi connectivity index (χ4v) is 2.82. The first-order chi connectivity index (χ1) is 11.6. The van der Waals surface area contributed by atoms with Gasteiger partial charge in [0, 0.05) is 51.2 Å². The van der Waals surface area contributed by atoms with Crippen molar-refractivity contribution in [3.63, 3.8) is 0 Å². The second kappa shape index (κ2) is 7.22. The molecule has 0 atom stereocenters. The van der Waals surface area contributed by atoms with Crippen LogP contribution in [0, 0.1) is 10.1 Å². The van der Waals surface area contributed by atoms with E-state index >= 15 is 0 Å². The van der Waals surface area contributed by atoms with E-state index in [4.69, 9.17) is 5.73 Å². The molecule has 1 aromatic carbocycles. The van der Waals surface area contributed by atoms with Gasteiger partial charge in [-0.2, -0.15) is 0 Å². The standard InChI is InChI=1S/C16H20N6O2/c17-14-3-2-13(12-15(14)22(23)24)4-7-20-8-10-21(11-9-20)16-18-5-1-6-19-16/h1-3,5-6,12H,4,7-11,17H2. The maximum atomic E-state index is 10.9. The normalized spacial score (nSPS) is 15.4. The van der Waals surface area contributed by atoms with Crippen LogP contribution in [-0.2, 0) is 6.42 Å². The van der Waals surface area contributed by atoms with Crippen LogP contribution in [0.3, 0.4) is 0 Å². The summed E-state index contributed by atoms with van der Waals surface area (Å²) in [7, 11) is 0. The average Bonchev–Trinajstić information content (AvgIpc) is 2.62. The number of nitro groups is 1. The molecule has 8 nitrogen and oxygen atoms in total. The lowest BCUT2D eigenvalue weighted by Gasteiger charge is -2.34. The van der Waals surface area contributed by atoms with Crippen LogP contribution in [-0.4, -0.2) is 52.5 Å². The molecule has 1 aromatic heterocycles. The number of anilines is 2. The van der Waals surface area contributed by atoms with Gasteiger partial charge in [0.15, 0.2) is 0 Å². The Hall–Kier alpha value is -2.74. The Labute approximate surface area is 140 Å². The fourth-order valence-electron chi connectivity index (χ4n) is 2.82. The van der Waals surface area contributed by atoms with Crippen molar-refractivity contribution in [3.05, 3.63) is 52.3 Å². The van der Waals surface area contributed by atoms with E-state index in [0.29, 0.717) is 0 Å². The maximum Gasteiger partial charge on any atom is 0.292 e. The van der Waals surface area contributed by atoms with E-state index in [0.717, 1.165) is 50.7 Å². The van der Waals surface area contributed by atoms with Gasteiger partial charge in [0.1, 0.15) is 5.69 Å². The highest BCUT2D eigenvalue weighted by atomic mass is 16.6. The molecule has 2 heterocycles. The van der Waals surface area contributed by atoms with Crippen molar-refractivity contribution in [1.29, 1.82) is 0 Å². The molecule has 1 fully saturated rings. The molecule has 8 heteroatoms. The van der Waals surface area contributed by atoms with Crippen molar-refractivity contribution < 1.29 is 4.92 Å². The molecule has 0 bridgehead atoms. The summed E-state index contributed by atoms with van der Waals surface area (Å²) < 4.78 is 0. The molecule has 24 heavy (non-hydrogen) atoms. The number of nitrogen functional groups attached to an aromatic ring is 1. The molecule has 0 spiro atoms. The first kappa shape index (κ1) is 16.1. The molecule has 0 unspecified atom stereocenters. The van der Waals surface area contributed by atoms with E-state index in [1.807, 2.05) is 12.1 Å². The lowest BCUT2D eigenvalue weighted by Crippen LogP contribution is -2.47. The van der Waals surface area contributed by atoms with E-state index < -0.39 is 4.92 Å². The third-order valence-corrected chi connectivity index (χ3v) is 4.22. The molecular weight excluding hydrogens is 308 g/mol. The molecule has 3 rings (SSSR count). The average molecular weight is 328 g/mol. The van der Waals surface area contributed by atoms with Crippen LogP contribution in [0.4, 0.5) is 17.3 Å². The Morgan fingerprint density at radius 2 is 1.88 bits per heavy atom. The Morgan fingerprint density at radius 1 is 1.17 bits per heavy atom. The quantitative estimate of drug-likeness (QED) is 0.502. The van der Waals surface area contributed by atoms with E-state index in [2.05, 4.69) is 19.8 Å². The molecule has 0 aliphatic carbocycles. The summed E-state index contributed by atoms with van der Waals surface area (Å²) in [5, 5.41) is 10.9. The van der Waals surface area contributed by atoms with E-state index in [1.54, 1.807) is 24.5 Å². The summed E-state index contributed by atoms with van der Waals surface area (Å²) in [4.78, 5) is 23.6. The SMILES string of the molecule is Nc1ccc(CCN2CCN(c3ncccn3)CC2)cc1[N+](=O)[O-]. The van der Waals surface area contributed by atoms with Crippen molar-refractivity contribution >= 4 is 17.3 Å². The van der Waals surface area contributed by atoms with E-state index in [-0.39, 0.29) is 11.4 Å². The second-order valence-electron chi connectivity index (χ2n) is 5.78. The summed E-state index contributed by atoms with van der Waals surface area (Å²) in [5.41, 5.74) is 6.76. The zero-order valence-corrected chi connectivity index (χ0v) is 13.3. The van der Waals surface area contributed by atoms with Crippen molar-refractivity contribution in [1.82, 2.24) is 14.9 Å². The molecule has 1 saturated heterocycles. The van der Waals surface area contributed by atoms with E-state index in [1.165, 1.54) is 0 Å². The van der Waals surface area contributed by atoms with Crippen LogP contribution in [0.1, 0.15) is 5.56 Å². The molecule has 0 saturated carbocycles. The van der Waals surface area contributed by atoms with Crippen molar-refractivity contribution in [2.75, 3.05) is 43.4 Å². The van der Waals surface area contributed by atoms with Crippen molar-refractivity contribution in [2.45, 2.75) is 6.42 Å². The van der Waals surface area contributed by atoms with Gasteiger partial charge < -0.3 is 10.6 Å². The lowest BCUT2D eigenvalue weighted by molar-refractivity contribution is -0.384. The van der Waals surface area contributed by atoms with Crippen LogP contribution in [0.5, 0.6) is 0 Å². The Morgan fingerprint density at radius 3 is 2.54 bits per heavy atom. The Kier molecular flexibility index (Phi) is 4.85. The van der Waals surface area contributed by atoms with Gasteiger partial charge in [0.2, 0.25) is 5.95 Å². The minimum absolute atomic E-state index is 0.0152. The number of hydrogen-bond acceptors (Lipinski definition) is 7. The smallest absolute Gasteiger partial charge is 0.292 e. The summed E-state index contributed by atoms with van der Waals surface area (Å²) >= 11 is 0. The van der Waals surface area contributed by atoms with Crippen LogP contribution < -0.4 is 10.6 Å². The minimum atomic E-state index is -0.433. The fraction of sp³-hybridized carbons (Fsp3) is 0.375. The summed E-state index contributed by atoms with van der Waals surface area (Å²) in [6.07, 6.45) is 4.27. The third-order valence-electron chi connectivity index (χ3n) is 4.22. The number of nitro benzene ring substituents is 1. The number of rotatable bonds is 5. The zero-order valence-electron chi connectivity index (χ0n) is 13.3. The number of benzene rings is 1. The van der Waals surface area contributed by atoms with Gasteiger partial charge >= 0.3 is 0 Å². The number of nitrogens with two attached hydrogens (primary N) is 1. The van der Waals surface area contributed by atoms with Crippen LogP contribution in [0.15, 0.2) is 36.7 Å². The van der Waals surface area contributed by atoms with Gasteiger partial charge in [-0.1, -0.05) is 6.07 Å². The second-order valence-corrected chi connectivity index (χ2v) is 5.78. The number of hydrogen-bond donors (Lipinski definition) is 1. The molecule has 0 radical (unpaired) electrons. The highest BCUT2D eigenvalue weighted by Gasteiger charge is 2.19. The number of nitrogens with zero attached hydrogens (tertiary/aromatic N) is 5. The maximum absolute atomic E-state index is 10.9.